The number of hydrogen-bond acceptors (Lipinski definition) is 1. The van der Waals surface area contributed by atoms with E-state index in [9.17, 15) is 0 Å². The maximum absolute atomic E-state index is 3.47. The molecule has 1 aliphatic carbocycles. The smallest absolute Gasteiger partial charge is 0.143 e. The van der Waals surface area contributed by atoms with E-state index < -0.39 is 0 Å². The van der Waals surface area contributed by atoms with Gasteiger partial charge in [-0.25, -0.2) is 0 Å². The van der Waals surface area contributed by atoms with E-state index in [1.807, 2.05) is 0 Å². The largest absolute Gasteiger partial charge is 0.327 e. The van der Waals surface area contributed by atoms with E-state index in [4.69, 9.17) is 0 Å². The molecular weight excluding hydrogens is 138 g/mol. The van der Waals surface area contributed by atoms with Crippen LogP contribution in [-0.2, 0) is 0 Å². The van der Waals surface area contributed by atoms with Gasteiger partial charge in [0.2, 0.25) is 0 Å². The van der Waals surface area contributed by atoms with E-state index >= 15 is 0 Å². The molecule has 57 valence electrons. The number of hydrogen-bond donors (Lipinski definition) is 0. The van der Waals surface area contributed by atoms with Gasteiger partial charge >= 0.3 is 0 Å². The van der Waals surface area contributed by atoms with E-state index in [-0.39, 0.29) is 0 Å². The summed E-state index contributed by atoms with van der Waals surface area (Å²) >= 11 is 0. The zero-order chi connectivity index (χ0) is 7.23. The van der Waals surface area contributed by atoms with Gasteiger partial charge in [0.1, 0.15) is 10.4 Å². The van der Waals surface area contributed by atoms with Gasteiger partial charge in [-0.15, -0.1) is 0 Å². The average Bonchev–Trinajstić information content (AvgIpc) is 2.73. The van der Waals surface area contributed by atoms with Crippen LogP contribution in [0.3, 0.4) is 0 Å². The first-order valence-corrected chi connectivity index (χ1v) is 4.80. The second-order valence-electron chi connectivity index (χ2n) is 3.11. The van der Waals surface area contributed by atoms with Crippen LogP contribution in [0.2, 0.25) is 0 Å². The van der Waals surface area contributed by atoms with Crippen LogP contribution in [-0.4, -0.2) is 28.1 Å². The topological polar surface area (TPSA) is 3.24 Å². The third-order valence-electron chi connectivity index (χ3n) is 1.71. The highest BCUT2D eigenvalue weighted by molar-refractivity contribution is 6.04. The Bertz CT molecular complexity index is 74.6. The van der Waals surface area contributed by atoms with Gasteiger partial charge in [-0.3, -0.25) is 0 Å². The van der Waals surface area contributed by atoms with Gasteiger partial charge in [0.05, 0.1) is 0 Å². The first-order valence-electron chi connectivity index (χ1n) is 4.36. The van der Waals surface area contributed by atoms with Gasteiger partial charge in [-0.1, -0.05) is 25.7 Å². The molecule has 0 unspecified atom stereocenters. The normalized spacial score (nSPS) is 24.9. The van der Waals surface area contributed by atoms with Crippen molar-refractivity contribution in [3.63, 3.8) is 0 Å². The van der Waals surface area contributed by atoms with Crippen molar-refractivity contribution < 1.29 is 0 Å². The molecule has 0 aromatic rings. The van der Waals surface area contributed by atoms with Crippen molar-refractivity contribution in [2.45, 2.75) is 38.5 Å². The summed E-state index contributed by atoms with van der Waals surface area (Å²) in [7, 11) is 3.47. The summed E-state index contributed by atoms with van der Waals surface area (Å²) < 4.78 is 2.20. The monoisotopic (exact) mass is 154 g/mol. The predicted molar refractivity (Wildman–Crippen MR) is 45.0 cm³/mol. The van der Waals surface area contributed by atoms with Crippen LogP contribution < -0.4 is 0 Å². The van der Waals surface area contributed by atoms with Gasteiger partial charge < -0.3 is 4.57 Å². The van der Waals surface area contributed by atoms with Gasteiger partial charge in [0, 0.05) is 0 Å². The molecule has 1 saturated carbocycles. The second kappa shape index (κ2) is 4.91. The van der Waals surface area contributed by atoms with E-state index in [0.717, 1.165) is 0 Å². The van der Waals surface area contributed by atoms with Crippen molar-refractivity contribution in [2.75, 3.05) is 13.1 Å². The molecular formula is C8H16NSi. The first-order chi connectivity index (χ1) is 4.89. The third-order valence-corrected chi connectivity index (χ3v) is 2.16. The van der Waals surface area contributed by atoms with Gasteiger partial charge in [-0.2, -0.15) is 0 Å². The van der Waals surface area contributed by atoms with Crippen LogP contribution in [0.5, 0.6) is 0 Å². The molecule has 1 aliphatic heterocycles. The maximum atomic E-state index is 3.47. The quantitative estimate of drug-likeness (QED) is 0.480. The molecule has 2 fully saturated rings. The zero-order valence-electron chi connectivity index (χ0n) is 6.60. The van der Waals surface area contributed by atoms with Crippen molar-refractivity contribution in [3.05, 3.63) is 0 Å². The summed E-state index contributed by atoms with van der Waals surface area (Å²) in [6.45, 7) is 2.47. The Morgan fingerprint density at radius 1 is 0.700 bits per heavy atom. The fourth-order valence-corrected chi connectivity index (χ4v) is 1.21. The van der Waals surface area contributed by atoms with Gasteiger partial charge in [-0.05, 0) is 25.9 Å². The summed E-state index contributed by atoms with van der Waals surface area (Å²) in [6, 6.07) is 0. The van der Waals surface area contributed by atoms with E-state index in [1.165, 1.54) is 51.6 Å². The van der Waals surface area contributed by atoms with Crippen LogP contribution in [0.4, 0.5) is 0 Å². The molecule has 2 rings (SSSR count). The highest BCUT2D eigenvalue weighted by atomic mass is 28.2. The molecule has 10 heavy (non-hydrogen) atoms. The molecule has 3 radical (unpaired) electrons. The van der Waals surface area contributed by atoms with Crippen LogP contribution in [0, 0.1) is 0 Å². The summed E-state index contributed by atoms with van der Waals surface area (Å²) in [6.07, 6.45) is 8.65. The Labute approximate surface area is 67.3 Å². The highest BCUT2D eigenvalue weighted by Crippen LogP contribution is 2.14. The molecule has 0 aromatic heterocycles. The van der Waals surface area contributed by atoms with E-state index in [2.05, 4.69) is 15.0 Å². The lowest BCUT2D eigenvalue weighted by Gasteiger charge is -2.20. The van der Waals surface area contributed by atoms with Crippen molar-refractivity contribution in [3.8, 4) is 0 Å². The molecule has 0 atom stereocenters. The van der Waals surface area contributed by atoms with Gasteiger partial charge in [0.25, 0.3) is 0 Å². The van der Waals surface area contributed by atoms with Gasteiger partial charge in [0.15, 0.2) is 0 Å². The van der Waals surface area contributed by atoms with Crippen LogP contribution in [0.15, 0.2) is 0 Å². The van der Waals surface area contributed by atoms with Crippen molar-refractivity contribution in [2.24, 2.45) is 0 Å². The number of rotatable bonds is 0. The summed E-state index contributed by atoms with van der Waals surface area (Å²) in [5.41, 5.74) is 0. The van der Waals surface area contributed by atoms with E-state index in [1.54, 1.807) is 0 Å². The maximum Gasteiger partial charge on any atom is 0.143 e. The molecule has 0 aromatic carbocycles. The number of nitrogens with zero attached hydrogens (tertiary/aromatic N) is 1. The van der Waals surface area contributed by atoms with Crippen molar-refractivity contribution in [1.82, 2.24) is 4.57 Å². The lowest BCUT2D eigenvalue weighted by Crippen LogP contribution is -2.26. The minimum absolute atomic E-state index is 1.23. The molecule has 2 heteroatoms. The lowest BCUT2D eigenvalue weighted by atomic mass is 10.2. The fraction of sp³-hybridized carbons (Fsp3) is 1.00. The van der Waals surface area contributed by atoms with E-state index in [0.29, 0.717) is 0 Å². The fourth-order valence-electron chi connectivity index (χ4n) is 0.894. The highest BCUT2D eigenvalue weighted by Gasteiger charge is 2.02. The predicted octanol–water partition coefficient (Wildman–Crippen LogP) is 1.73. The minimum atomic E-state index is 1.23. The summed E-state index contributed by atoms with van der Waals surface area (Å²) in [5, 5.41) is 0. The first kappa shape index (κ1) is 8.28. The summed E-state index contributed by atoms with van der Waals surface area (Å²) in [5.74, 6) is 0. The molecule has 0 N–H and O–H groups in total. The SMILES string of the molecule is C1CC1.[Si]N1CCCCC1. The lowest BCUT2D eigenvalue weighted by molar-refractivity contribution is 0.367. The average molecular weight is 154 g/mol. The van der Waals surface area contributed by atoms with Crippen molar-refractivity contribution >= 4 is 10.4 Å². The zero-order valence-corrected chi connectivity index (χ0v) is 7.60. The Morgan fingerprint density at radius 3 is 1.30 bits per heavy atom. The molecule has 0 amide bonds. The van der Waals surface area contributed by atoms with Crippen LogP contribution in [0.25, 0.3) is 0 Å². The Kier molecular flexibility index (Phi) is 4.06. The molecule has 2 aliphatic rings. The third kappa shape index (κ3) is 5.00. The minimum Gasteiger partial charge on any atom is -0.327 e. The molecule has 1 nitrogen and oxygen atoms in total. The standard InChI is InChI=1S/C5H10NSi.C3H6/c7-6-4-2-1-3-5-6;1-2-3-1/h1-5H2;1-3H2. The molecule has 0 spiro atoms. The number of piperidine rings is 1. The van der Waals surface area contributed by atoms with Crippen LogP contribution >= 0.6 is 0 Å². The Balaban J connectivity index is 0.000000138. The molecule has 0 bridgehead atoms. The molecule has 1 heterocycles. The Hall–Kier alpha value is 0.177. The second-order valence-corrected chi connectivity index (χ2v) is 3.74. The van der Waals surface area contributed by atoms with Crippen LogP contribution in [0.1, 0.15) is 38.5 Å². The summed E-state index contributed by atoms with van der Waals surface area (Å²) in [4.78, 5) is 0. The van der Waals surface area contributed by atoms with Crippen molar-refractivity contribution in [1.29, 1.82) is 0 Å². The molecule has 1 saturated heterocycles. The Morgan fingerprint density at radius 2 is 1.10 bits per heavy atom.